The van der Waals surface area contributed by atoms with Crippen molar-refractivity contribution in [2.24, 2.45) is 0 Å². The number of fused-ring (bicyclic) bond motifs is 4. The Hall–Kier alpha value is -3.16. The molecule has 0 N–H and O–H groups in total. The zero-order chi connectivity index (χ0) is 21.3. The van der Waals surface area contributed by atoms with Gasteiger partial charge in [0.1, 0.15) is 12.2 Å². The zero-order valence-corrected chi connectivity index (χ0v) is 18.0. The summed E-state index contributed by atoms with van der Waals surface area (Å²) in [5.41, 5.74) is 4.21. The van der Waals surface area contributed by atoms with Gasteiger partial charge in [-0.15, -0.1) is 0 Å². The van der Waals surface area contributed by atoms with Crippen LogP contribution in [0, 0.1) is 0 Å². The van der Waals surface area contributed by atoms with Crippen LogP contribution in [0.5, 0.6) is 46.0 Å². The van der Waals surface area contributed by atoms with Crippen LogP contribution < -0.4 is 37.9 Å². The molecule has 8 nitrogen and oxygen atoms in total. The lowest BCUT2D eigenvalue weighted by atomic mass is 9.90. The highest BCUT2D eigenvalue weighted by Crippen LogP contribution is 2.58. The first-order chi connectivity index (χ1) is 15.1. The summed E-state index contributed by atoms with van der Waals surface area (Å²) in [6.07, 6.45) is 2.19. The summed E-state index contributed by atoms with van der Waals surface area (Å²) in [4.78, 5) is 0. The van der Waals surface area contributed by atoms with Crippen molar-refractivity contribution in [1.82, 2.24) is 0 Å². The number of hydrogen-bond acceptors (Lipinski definition) is 8. The van der Waals surface area contributed by atoms with Crippen molar-refractivity contribution in [3.8, 4) is 46.0 Å². The number of methoxy groups -OCH3 is 2. The van der Waals surface area contributed by atoms with Gasteiger partial charge in [-0.3, -0.25) is 0 Å². The maximum atomic E-state index is 6.11. The molecule has 0 aliphatic carbocycles. The summed E-state index contributed by atoms with van der Waals surface area (Å²) < 4.78 is 46.9. The van der Waals surface area contributed by atoms with Crippen LogP contribution in [0.4, 0.5) is 0 Å². The molecule has 0 amide bonds. The molecule has 0 fully saturated rings. The summed E-state index contributed by atoms with van der Waals surface area (Å²) >= 11 is 0. The first-order valence-electron chi connectivity index (χ1n) is 10.5. The lowest BCUT2D eigenvalue weighted by molar-refractivity contribution is 0.168. The highest BCUT2D eigenvalue weighted by molar-refractivity contribution is 5.73. The SMILES string of the molecule is COc1c2c(c(Cc3c4c(c(OC)c5c3OCO5)O[C@@H](C)C4)c3c1OCO3)C[C@H](C)O2. The molecule has 0 bridgehead atoms. The van der Waals surface area contributed by atoms with Gasteiger partial charge in [0.25, 0.3) is 0 Å². The monoisotopic (exact) mass is 428 g/mol. The van der Waals surface area contributed by atoms with E-state index in [2.05, 4.69) is 0 Å². The smallest absolute Gasteiger partial charge is 0.231 e. The average molecular weight is 428 g/mol. The predicted molar refractivity (Wildman–Crippen MR) is 109 cm³/mol. The number of benzene rings is 2. The Bertz CT molecular complexity index is 1010. The molecule has 0 radical (unpaired) electrons. The summed E-state index contributed by atoms with van der Waals surface area (Å²) in [5.74, 6) is 5.25. The Balaban J connectivity index is 1.56. The van der Waals surface area contributed by atoms with E-state index in [1.807, 2.05) is 13.8 Å². The first kappa shape index (κ1) is 18.6. The van der Waals surface area contributed by atoms with E-state index in [-0.39, 0.29) is 25.8 Å². The van der Waals surface area contributed by atoms with E-state index in [0.717, 1.165) is 46.6 Å². The minimum absolute atomic E-state index is 0.0420. The molecule has 0 saturated carbocycles. The summed E-state index contributed by atoms with van der Waals surface area (Å²) in [7, 11) is 3.24. The Morgan fingerprint density at radius 1 is 0.645 bits per heavy atom. The third-order valence-corrected chi connectivity index (χ3v) is 6.26. The van der Waals surface area contributed by atoms with Gasteiger partial charge in [0.2, 0.25) is 36.6 Å². The van der Waals surface area contributed by atoms with Gasteiger partial charge in [0.05, 0.1) is 14.2 Å². The van der Waals surface area contributed by atoms with Gasteiger partial charge in [-0.1, -0.05) is 0 Å². The van der Waals surface area contributed by atoms with Gasteiger partial charge in [0.15, 0.2) is 23.0 Å². The molecule has 4 aliphatic rings. The molecule has 31 heavy (non-hydrogen) atoms. The lowest BCUT2D eigenvalue weighted by Gasteiger charge is -2.18. The molecular formula is C23H24O8. The van der Waals surface area contributed by atoms with Crippen LogP contribution in [0.15, 0.2) is 0 Å². The van der Waals surface area contributed by atoms with Crippen LogP contribution >= 0.6 is 0 Å². The minimum atomic E-state index is 0.0420. The summed E-state index contributed by atoms with van der Waals surface area (Å²) in [5, 5.41) is 0. The molecule has 8 heteroatoms. The van der Waals surface area contributed by atoms with Crippen molar-refractivity contribution in [1.29, 1.82) is 0 Å². The first-order valence-corrected chi connectivity index (χ1v) is 10.5. The molecule has 4 aliphatic heterocycles. The molecule has 4 heterocycles. The lowest BCUT2D eigenvalue weighted by Crippen LogP contribution is -2.07. The molecule has 2 atom stereocenters. The van der Waals surface area contributed by atoms with E-state index in [1.165, 1.54) is 0 Å². The molecule has 164 valence electrons. The molecular weight excluding hydrogens is 404 g/mol. The van der Waals surface area contributed by atoms with Crippen LogP contribution in [0.25, 0.3) is 0 Å². The van der Waals surface area contributed by atoms with Crippen LogP contribution in [0.2, 0.25) is 0 Å². The molecule has 0 saturated heterocycles. The van der Waals surface area contributed by atoms with Crippen molar-refractivity contribution in [3.05, 3.63) is 22.3 Å². The number of rotatable bonds is 4. The molecule has 6 rings (SSSR count). The Morgan fingerprint density at radius 2 is 1.06 bits per heavy atom. The van der Waals surface area contributed by atoms with Crippen molar-refractivity contribution in [2.75, 3.05) is 27.8 Å². The molecule has 0 spiro atoms. The molecule has 0 unspecified atom stereocenters. The van der Waals surface area contributed by atoms with E-state index < -0.39 is 0 Å². The van der Waals surface area contributed by atoms with Gasteiger partial charge in [-0.25, -0.2) is 0 Å². The fraction of sp³-hybridized carbons (Fsp3) is 0.478. The normalized spacial score (nSPS) is 21.4. The van der Waals surface area contributed by atoms with Gasteiger partial charge in [-0.2, -0.15) is 0 Å². The van der Waals surface area contributed by atoms with E-state index in [1.54, 1.807) is 14.2 Å². The van der Waals surface area contributed by atoms with E-state index >= 15 is 0 Å². The van der Waals surface area contributed by atoms with Crippen molar-refractivity contribution < 1.29 is 37.9 Å². The average Bonchev–Trinajstić information content (AvgIpc) is 3.52. The van der Waals surface area contributed by atoms with E-state index in [9.17, 15) is 0 Å². The van der Waals surface area contributed by atoms with Crippen molar-refractivity contribution in [2.45, 2.75) is 45.3 Å². The standard InChI is InChI=1S/C23H24O8/c1-10-5-12-14(16-22(28-8-26-16)20(24-3)18(12)30-10)7-15-13-6-11(2)31-19(13)21(25-4)23-17(15)27-9-29-23/h10-11H,5-9H2,1-4H3/t10-,11-/m0/s1. The number of hydrogen-bond donors (Lipinski definition) is 0. The maximum Gasteiger partial charge on any atom is 0.231 e. The summed E-state index contributed by atoms with van der Waals surface area (Å²) in [6, 6.07) is 0. The second-order valence-electron chi connectivity index (χ2n) is 8.21. The predicted octanol–water partition coefficient (Wildman–Crippen LogP) is 3.40. The third-order valence-electron chi connectivity index (χ3n) is 6.26. The van der Waals surface area contributed by atoms with Crippen LogP contribution in [-0.4, -0.2) is 40.0 Å². The molecule has 2 aromatic rings. The highest BCUT2D eigenvalue weighted by atomic mass is 16.7. The van der Waals surface area contributed by atoms with Crippen LogP contribution in [-0.2, 0) is 19.3 Å². The van der Waals surface area contributed by atoms with Crippen molar-refractivity contribution in [3.63, 3.8) is 0 Å². The van der Waals surface area contributed by atoms with Crippen LogP contribution in [0.1, 0.15) is 36.1 Å². The molecule has 2 aromatic carbocycles. The van der Waals surface area contributed by atoms with Crippen molar-refractivity contribution >= 4 is 0 Å². The Morgan fingerprint density at radius 3 is 1.48 bits per heavy atom. The van der Waals surface area contributed by atoms with E-state index in [0.29, 0.717) is 40.9 Å². The largest absolute Gasteiger partial charge is 0.490 e. The van der Waals surface area contributed by atoms with Gasteiger partial charge < -0.3 is 37.9 Å². The van der Waals surface area contributed by atoms with Crippen LogP contribution in [0.3, 0.4) is 0 Å². The van der Waals surface area contributed by atoms with Gasteiger partial charge in [0, 0.05) is 41.5 Å². The summed E-state index contributed by atoms with van der Waals surface area (Å²) in [6.45, 7) is 4.39. The Labute approximate surface area is 179 Å². The van der Waals surface area contributed by atoms with Gasteiger partial charge in [-0.05, 0) is 13.8 Å². The molecule has 0 aromatic heterocycles. The topological polar surface area (TPSA) is 73.8 Å². The Kier molecular flexibility index (Phi) is 4.00. The second-order valence-corrected chi connectivity index (χ2v) is 8.21. The fourth-order valence-electron chi connectivity index (χ4n) is 5.03. The van der Waals surface area contributed by atoms with E-state index in [4.69, 9.17) is 37.9 Å². The minimum Gasteiger partial charge on any atom is -0.490 e. The maximum absolute atomic E-state index is 6.11. The second kappa shape index (κ2) is 6.67. The third kappa shape index (κ3) is 2.53. The zero-order valence-electron chi connectivity index (χ0n) is 18.0. The highest BCUT2D eigenvalue weighted by Gasteiger charge is 2.40. The quantitative estimate of drug-likeness (QED) is 0.734. The number of ether oxygens (including phenoxy) is 8. The fourth-order valence-corrected chi connectivity index (χ4v) is 5.03. The van der Waals surface area contributed by atoms with Gasteiger partial charge >= 0.3 is 0 Å².